The molecular weight excluding hydrogens is 1710 g/mol. The van der Waals surface area contributed by atoms with Gasteiger partial charge in [0, 0.05) is 134 Å². The first-order valence-electron chi connectivity index (χ1n) is 45.2. The highest BCUT2D eigenvalue weighted by molar-refractivity contribution is 5.97. The molecule has 0 radical (unpaired) electrons. The first-order valence-corrected chi connectivity index (χ1v) is 45.2. The summed E-state index contributed by atoms with van der Waals surface area (Å²) in [7, 11) is 5.50. The first kappa shape index (κ1) is 109. The topological polar surface area (TPSA) is 525 Å². The first-order chi connectivity index (χ1) is 62.3. The molecule has 42 nitrogen and oxygen atoms in total. The van der Waals surface area contributed by atoms with Gasteiger partial charge in [-0.2, -0.15) is 0 Å². The largest absolute Gasteiger partial charge is 0.457 e. The van der Waals surface area contributed by atoms with Gasteiger partial charge in [0.1, 0.15) is 42.0 Å². The molecule has 12 N–H and O–H groups in total. The van der Waals surface area contributed by atoms with Crippen LogP contribution >= 0.6 is 0 Å². The Balaban J connectivity index is 0.876. The summed E-state index contributed by atoms with van der Waals surface area (Å²) in [5, 5.41) is 27.9. The van der Waals surface area contributed by atoms with Crippen LogP contribution < -0.4 is 64.5 Å². The number of ether oxygens (including phenoxy) is 10. The predicted octanol–water partition coefficient (Wildman–Crippen LogP) is 0.426. The van der Waals surface area contributed by atoms with Crippen molar-refractivity contribution in [2.24, 2.45) is 11.7 Å². The summed E-state index contributed by atoms with van der Waals surface area (Å²) >= 11 is 0. The number of amides is 12. The summed E-state index contributed by atoms with van der Waals surface area (Å²) in [6.45, 7) is 24.1. The molecule has 3 aromatic rings. The Labute approximate surface area is 766 Å². The van der Waals surface area contributed by atoms with E-state index in [-0.39, 0.29) is 205 Å². The van der Waals surface area contributed by atoms with Gasteiger partial charge < -0.3 is 126 Å². The molecular formula is C89H141N17O25. The van der Waals surface area contributed by atoms with Gasteiger partial charge in [-0.3, -0.25) is 57.6 Å². The van der Waals surface area contributed by atoms with Crippen LogP contribution in [0.2, 0.25) is 0 Å². The highest BCUT2D eigenvalue weighted by atomic mass is 16.6. The minimum Gasteiger partial charge on any atom is -0.457 e. The third-order valence-corrected chi connectivity index (χ3v) is 21.3. The molecule has 732 valence electrons. The second kappa shape index (κ2) is 56.3. The molecule has 1 fully saturated rings. The zero-order chi connectivity index (χ0) is 96.2. The van der Waals surface area contributed by atoms with E-state index in [4.69, 9.17) is 58.1 Å². The second-order valence-electron chi connectivity index (χ2n) is 34.6. The lowest BCUT2D eigenvalue weighted by molar-refractivity contribution is -0.191. The Kier molecular flexibility index (Phi) is 46.9. The summed E-state index contributed by atoms with van der Waals surface area (Å²) in [5.74, 6) is -7.97. The van der Waals surface area contributed by atoms with Gasteiger partial charge in [0.15, 0.2) is 0 Å². The molecule has 3 aliphatic heterocycles. The molecule has 131 heavy (non-hydrogen) atoms. The van der Waals surface area contributed by atoms with Gasteiger partial charge >= 0.3 is 24.1 Å². The molecule has 3 aliphatic rings. The number of benzene rings is 1. The van der Waals surface area contributed by atoms with Crippen LogP contribution in [0.4, 0.5) is 9.59 Å². The fourth-order valence-corrected chi connectivity index (χ4v) is 14.4. The van der Waals surface area contributed by atoms with Gasteiger partial charge in [0.25, 0.3) is 5.56 Å². The van der Waals surface area contributed by atoms with E-state index in [2.05, 4.69) is 53.2 Å². The number of primary amides is 1. The number of nitrogens with zero attached hydrogens (tertiary/aromatic N) is 6. The average Bonchev–Trinajstić information content (AvgIpc) is 1.62. The van der Waals surface area contributed by atoms with Crippen LogP contribution in [0.3, 0.4) is 0 Å². The van der Waals surface area contributed by atoms with Crippen molar-refractivity contribution in [2.45, 2.75) is 200 Å². The predicted molar refractivity (Wildman–Crippen MR) is 480 cm³/mol. The van der Waals surface area contributed by atoms with E-state index in [1.807, 2.05) is 55.1 Å². The zero-order valence-corrected chi connectivity index (χ0v) is 78.5. The van der Waals surface area contributed by atoms with E-state index in [1.54, 1.807) is 84.9 Å². The van der Waals surface area contributed by atoms with Crippen LogP contribution in [0.25, 0.3) is 22.3 Å². The molecule has 42 heteroatoms. The number of aryl methyl sites for hydroxylation is 1. The number of likely N-dealkylation sites (tertiary alicyclic amines) is 1. The van der Waals surface area contributed by atoms with E-state index in [9.17, 15) is 71.9 Å². The van der Waals surface area contributed by atoms with Crippen molar-refractivity contribution in [2.75, 3.05) is 192 Å². The molecule has 1 saturated heterocycles. The summed E-state index contributed by atoms with van der Waals surface area (Å²) in [5.41, 5.74) is 5.94. The highest BCUT2D eigenvalue weighted by Crippen LogP contribution is 2.43. The number of esters is 2. The molecule has 12 amide bonds. The summed E-state index contributed by atoms with van der Waals surface area (Å²) < 4.78 is 56.5. The van der Waals surface area contributed by atoms with Gasteiger partial charge in [-0.05, 0) is 125 Å². The number of alkyl carbamates (subject to hydrolysis) is 2. The highest BCUT2D eigenvalue weighted by Gasteiger charge is 2.52. The molecule has 1 aromatic carbocycles. The van der Waals surface area contributed by atoms with E-state index in [0.29, 0.717) is 89.9 Å². The monoisotopic (exact) mass is 1850 g/mol. The van der Waals surface area contributed by atoms with Crippen molar-refractivity contribution in [3.8, 4) is 11.4 Å². The van der Waals surface area contributed by atoms with Crippen molar-refractivity contribution in [3.63, 3.8) is 0 Å². The molecule has 6 rings (SSSR count). The van der Waals surface area contributed by atoms with Crippen molar-refractivity contribution in [1.29, 1.82) is 0 Å². The van der Waals surface area contributed by atoms with Crippen LogP contribution in [0, 0.1) is 5.92 Å². The number of hydrogen-bond donors (Lipinski definition) is 11. The molecule has 5 atom stereocenters. The normalized spacial score (nSPS) is 15.3. The number of nitrogens with two attached hydrogens (primary N) is 1. The summed E-state index contributed by atoms with van der Waals surface area (Å²) in [6, 6.07) is 4.27. The lowest BCUT2D eigenvalue weighted by atomic mass is 9.85. The number of nitrogens with one attached hydrogen (secondary N) is 10. The zero-order valence-electron chi connectivity index (χ0n) is 78.5. The number of rotatable bonds is 61. The van der Waals surface area contributed by atoms with Crippen LogP contribution in [0.5, 0.6) is 0 Å². The standard InChI is InChI=1S/C89H141N17O25/c1-14-60-61-20-16-17-21-65(61)100-78-62(60)56-106-69(78)54-64-63(81(106)116)58-128-84(119)89(64,15-2)129-83(118)77(59(3)4)101-80(115)68-22-19-36-105(68)82(117)67(55-70(90)107)99-76(113)57-104(13)41-40-103(12)39-38-102(11)37-33-94-71(108)23-18-24-75(112)98-66(79(114)95-32-31-93-74(111)28-43-123-47-51-127-53-49-125-45-35-97-86(121)131-88(8,9)10)25-26-72(109)91-29-30-92-73(110)27-42-122-46-50-126-52-48-124-44-34-96-85(120)130-87(5,6)7/h16-17,20-21,54,59,66-68,77H,14-15,18-19,22-53,55-58H2,1-13H3,(H2,90,107)(H,91,109)(H,92,110)(H,93,111)(H,94,108)(H,95,114)(H,96,120)(H,97,121)(H,98,112)(H,99,113)(H,101,115)/t66-,67-,68-,77-,89-/m0/s1. The van der Waals surface area contributed by atoms with Crippen molar-refractivity contribution >= 4 is 94.1 Å². The lowest BCUT2D eigenvalue weighted by Gasteiger charge is -2.37. The van der Waals surface area contributed by atoms with Crippen LogP contribution in [-0.4, -0.2) is 340 Å². The number of carbonyl (C=O) groups is 14. The number of cyclic esters (lactones) is 1. The van der Waals surface area contributed by atoms with E-state index < -0.39 is 124 Å². The van der Waals surface area contributed by atoms with E-state index in [1.165, 1.54) is 4.90 Å². The second-order valence-corrected chi connectivity index (χ2v) is 34.6. The van der Waals surface area contributed by atoms with Crippen molar-refractivity contribution in [3.05, 3.63) is 62.9 Å². The maximum Gasteiger partial charge on any atom is 0.407 e. The summed E-state index contributed by atoms with van der Waals surface area (Å²) in [6.07, 6.45) is -0.745. The Bertz CT molecular complexity index is 4350. The number of aromatic nitrogens is 2. The third kappa shape index (κ3) is 38.6. The molecule has 0 aliphatic carbocycles. The van der Waals surface area contributed by atoms with Gasteiger partial charge in [-0.25, -0.2) is 24.2 Å². The fourth-order valence-electron chi connectivity index (χ4n) is 14.4. The maximum atomic E-state index is 14.6. The smallest absolute Gasteiger partial charge is 0.407 e. The fraction of sp³-hybridized carbons (Fsp3) is 0.685. The minimum absolute atomic E-state index is 0.00355. The Hall–Kier alpha value is -10.6. The van der Waals surface area contributed by atoms with Crippen LogP contribution in [0.1, 0.15) is 162 Å². The molecule has 5 heterocycles. The van der Waals surface area contributed by atoms with E-state index >= 15 is 0 Å². The molecule has 2 aromatic heterocycles. The lowest BCUT2D eigenvalue weighted by Crippen LogP contribution is -2.58. The van der Waals surface area contributed by atoms with Crippen molar-refractivity contribution < 1.29 is 114 Å². The van der Waals surface area contributed by atoms with Gasteiger partial charge in [0.2, 0.25) is 64.7 Å². The number of carbonyl (C=O) groups excluding carboxylic acids is 14. The number of para-hydroxylation sites is 1. The van der Waals surface area contributed by atoms with E-state index in [0.717, 1.165) is 22.0 Å². The third-order valence-electron chi connectivity index (χ3n) is 21.3. The number of likely N-dealkylation sites (N-methyl/N-ethyl adjacent to an activating group) is 3. The molecule has 0 saturated carbocycles. The number of hydrogen-bond acceptors (Lipinski definition) is 29. The van der Waals surface area contributed by atoms with Crippen molar-refractivity contribution in [1.82, 2.24) is 82.3 Å². The van der Waals surface area contributed by atoms with Gasteiger partial charge in [-0.15, -0.1) is 0 Å². The minimum atomic E-state index is -2.08. The van der Waals surface area contributed by atoms with Gasteiger partial charge in [-0.1, -0.05) is 45.9 Å². The van der Waals surface area contributed by atoms with Gasteiger partial charge in [0.05, 0.1) is 121 Å². The van der Waals surface area contributed by atoms with Crippen LogP contribution in [-0.2, 0) is 130 Å². The Morgan fingerprint density at radius 2 is 1.08 bits per heavy atom. The Morgan fingerprint density at radius 1 is 0.573 bits per heavy atom. The number of pyridine rings is 2. The summed E-state index contributed by atoms with van der Waals surface area (Å²) in [4.78, 5) is 211. The van der Waals surface area contributed by atoms with Crippen LogP contribution in [0.15, 0.2) is 35.1 Å². The number of fused-ring (bicyclic) bond motifs is 5. The Morgan fingerprint density at radius 3 is 1.63 bits per heavy atom. The molecule has 0 unspecified atom stereocenters. The molecule has 0 bridgehead atoms. The molecule has 0 spiro atoms. The maximum absolute atomic E-state index is 14.6. The SMILES string of the molecule is CCc1c2c(nc3ccccc13)-c1cc3c(c(=O)n1C2)COC(=O)[C@@]3(CC)OC(=O)[C@@H](NC(=O)[C@@H]1CCCN1C(=O)[C@H](CC(N)=O)NC(=O)CN(C)CCN(C)CCN(C)CCNC(=O)CCCC(=O)N[C@@H](CCC(=O)NCCNC(=O)CCOCCOCCOCCNC(=O)OC(C)(C)C)C(=O)NCCNC(=O)CCOCCOCCOCCNC(=O)OC(C)(C)C)C(C)C. The average molecular weight is 1850 g/mol. The quantitative estimate of drug-likeness (QED) is 0.0162.